The highest BCUT2D eigenvalue weighted by Crippen LogP contribution is 2.23. The number of likely N-dealkylation sites (tertiary alicyclic amines) is 1. The van der Waals surface area contributed by atoms with Crippen LogP contribution in [0.3, 0.4) is 0 Å². The summed E-state index contributed by atoms with van der Waals surface area (Å²) in [5, 5.41) is 1.11. The van der Waals surface area contributed by atoms with Gasteiger partial charge in [-0.05, 0) is 56.3 Å². The van der Waals surface area contributed by atoms with Gasteiger partial charge >= 0.3 is 0 Å². The van der Waals surface area contributed by atoms with Crippen LogP contribution >= 0.6 is 0 Å². The maximum atomic E-state index is 13.0. The lowest BCUT2D eigenvalue weighted by molar-refractivity contribution is 0.0841. The number of fused-ring (bicyclic) bond motifs is 1. The zero-order chi connectivity index (χ0) is 18.6. The quantitative estimate of drug-likeness (QED) is 0.645. The van der Waals surface area contributed by atoms with Crippen LogP contribution in [0.25, 0.3) is 10.9 Å². The Kier molecular flexibility index (Phi) is 5.21. The van der Waals surface area contributed by atoms with E-state index in [4.69, 9.17) is 0 Å². The fourth-order valence-corrected chi connectivity index (χ4v) is 3.79. The number of carbonyl (C=O) groups is 1. The second kappa shape index (κ2) is 7.92. The molecule has 1 aromatic heterocycles. The number of benzene rings is 2. The van der Waals surface area contributed by atoms with Crippen molar-refractivity contribution in [1.29, 1.82) is 0 Å². The molecule has 0 amide bonds. The summed E-state index contributed by atoms with van der Waals surface area (Å²) in [5.74, 6) is -0.137. The molecule has 0 aliphatic carbocycles. The summed E-state index contributed by atoms with van der Waals surface area (Å²) in [5.41, 5.74) is 2.67. The van der Waals surface area contributed by atoms with Gasteiger partial charge in [0.15, 0.2) is 5.78 Å². The van der Waals surface area contributed by atoms with Crippen molar-refractivity contribution in [3.05, 3.63) is 71.9 Å². The fraction of sp³-hybridized carbons (Fsp3) is 0.318. The van der Waals surface area contributed by atoms with E-state index in [1.54, 1.807) is 18.5 Å². The summed E-state index contributed by atoms with van der Waals surface area (Å²) in [6.07, 6.45) is 4.20. The minimum Gasteiger partial charge on any atom is -0.303 e. The normalized spacial score (nSPS) is 15.9. The first kappa shape index (κ1) is 17.7. The molecule has 2 heterocycles. The number of halogens is 1. The third kappa shape index (κ3) is 4.03. The smallest absolute Gasteiger partial charge is 0.166 e. The molecule has 0 spiro atoms. The lowest BCUT2D eigenvalue weighted by Crippen LogP contribution is -2.37. The van der Waals surface area contributed by atoms with Crippen molar-refractivity contribution >= 4 is 16.7 Å². The minimum absolute atomic E-state index is 0.0339. The Morgan fingerprint density at radius 1 is 1.04 bits per heavy atom. The van der Waals surface area contributed by atoms with E-state index in [1.165, 1.54) is 12.1 Å². The molecule has 138 valence electrons. The lowest BCUT2D eigenvalue weighted by Gasteiger charge is -2.31. The van der Waals surface area contributed by atoms with Crippen molar-refractivity contribution in [2.75, 3.05) is 19.6 Å². The van der Waals surface area contributed by atoms with Crippen molar-refractivity contribution in [1.82, 2.24) is 14.9 Å². The third-order valence-corrected chi connectivity index (χ3v) is 5.38. The molecule has 4 rings (SSSR count). The minimum atomic E-state index is -0.307. The molecule has 0 unspecified atom stereocenters. The van der Waals surface area contributed by atoms with Crippen LogP contribution < -0.4 is 0 Å². The molecular weight excluding hydrogens is 341 g/mol. The van der Waals surface area contributed by atoms with E-state index in [9.17, 15) is 9.18 Å². The van der Waals surface area contributed by atoms with Gasteiger partial charge in [0.25, 0.3) is 0 Å². The van der Waals surface area contributed by atoms with Crippen LogP contribution in [0.5, 0.6) is 0 Å². The molecule has 0 radical (unpaired) electrons. The molecule has 1 fully saturated rings. The zero-order valence-electron chi connectivity index (χ0n) is 15.1. The van der Waals surface area contributed by atoms with Crippen molar-refractivity contribution in [2.24, 2.45) is 5.92 Å². The van der Waals surface area contributed by atoms with Gasteiger partial charge in [0.05, 0.1) is 11.2 Å². The highest BCUT2D eigenvalue weighted by Gasteiger charge is 2.25. The van der Waals surface area contributed by atoms with E-state index < -0.39 is 0 Å². The SMILES string of the molecule is O=C(c1ccc(F)cc1)C1CCN(CCc2ncnc3ccccc23)CC1. The van der Waals surface area contributed by atoms with Gasteiger partial charge in [-0.15, -0.1) is 0 Å². The maximum Gasteiger partial charge on any atom is 0.166 e. The molecule has 3 aromatic rings. The van der Waals surface area contributed by atoms with Crippen molar-refractivity contribution in [2.45, 2.75) is 19.3 Å². The Balaban J connectivity index is 1.33. The van der Waals surface area contributed by atoms with E-state index >= 15 is 0 Å². The van der Waals surface area contributed by atoms with E-state index in [2.05, 4.69) is 20.9 Å². The number of ketones is 1. The Morgan fingerprint density at radius 2 is 1.78 bits per heavy atom. The average molecular weight is 363 g/mol. The largest absolute Gasteiger partial charge is 0.303 e. The number of carbonyl (C=O) groups excluding carboxylic acids is 1. The summed E-state index contributed by atoms with van der Waals surface area (Å²) in [6.45, 7) is 2.74. The van der Waals surface area contributed by atoms with Gasteiger partial charge in [-0.1, -0.05) is 18.2 Å². The average Bonchev–Trinajstić information content (AvgIpc) is 2.72. The van der Waals surface area contributed by atoms with E-state index in [0.29, 0.717) is 5.56 Å². The standard InChI is InChI=1S/C22H22FN3O/c23-18-7-5-16(6-8-18)22(27)17-9-12-26(13-10-17)14-11-21-19-3-1-2-4-20(19)24-15-25-21/h1-8,15,17H,9-14H2. The number of rotatable bonds is 5. The molecule has 5 heteroatoms. The summed E-state index contributed by atoms with van der Waals surface area (Å²) >= 11 is 0. The second-order valence-electron chi connectivity index (χ2n) is 7.07. The molecule has 1 aliphatic heterocycles. The number of aromatic nitrogens is 2. The van der Waals surface area contributed by atoms with Crippen molar-refractivity contribution in [3.8, 4) is 0 Å². The summed E-state index contributed by atoms with van der Waals surface area (Å²) in [4.78, 5) is 23.8. The Hall–Kier alpha value is -2.66. The van der Waals surface area contributed by atoms with E-state index in [-0.39, 0.29) is 17.5 Å². The number of hydrogen-bond donors (Lipinski definition) is 0. The van der Waals surface area contributed by atoms with Crippen LogP contribution in [0.2, 0.25) is 0 Å². The van der Waals surface area contributed by atoms with Gasteiger partial charge in [-0.3, -0.25) is 4.79 Å². The second-order valence-corrected chi connectivity index (χ2v) is 7.07. The fourth-order valence-electron chi connectivity index (χ4n) is 3.79. The van der Waals surface area contributed by atoms with Gasteiger partial charge in [0.2, 0.25) is 0 Å². The van der Waals surface area contributed by atoms with Crippen molar-refractivity contribution in [3.63, 3.8) is 0 Å². The molecule has 27 heavy (non-hydrogen) atoms. The molecule has 0 atom stereocenters. The summed E-state index contributed by atoms with van der Waals surface area (Å²) < 4.78 is 13.0. The van der Waals surface area contributed by atoms with Crippen LogP contribution in [-0.4, -0.2) is 40.3 Å². The van der Waals surface area contributed by atoms with E-state index in [0.717, 1.165) is 55.5 Å². The first-order valence-corrected chi connectivity index (χ1v) is 9.41. The van der Waals surface area contributed by atoms with Gasteiger partial charge in [-0.2, -0.15) is 0 Å². The number of piperidine rings is 1. The zero-order valence-corrected chi connectivity index (χ0v) is 15.1. The number of Topliss-reactive ketones (excluding diaryl/α,β-unsaturated/α-hetero) is 1. The van der Waals surface area contributed by atoms with Crippen molar-refractivity contribution < 1.29 is 9.18 Å². The predicted octanol–water partition coefficient (Wildman–Crippen LogP) is 3.91. The van der Waals surface area contributed by atoms with E-state index in [1.807, 2.05) is 18.2 Å². The predicted molar refractivity (Wildman–Crippen MR) is 103 cm³/mol. The van der Waals surface area contributed by atoms with Crippen LogP contribution in [0.4, 0.5) is 4.39 Å². The van der Waals surface area contributed by atoms with Crippen LogP contribution in [0.1, 0.15) is 28.9 Å². The first-order chi connectivity index (χ1) is 13.2. The molecule has 1 aliphatic rings. The third-order valence-electron chi connectivity index (χ3n) is 5.38. The van der Waals surface area contributed by atoms with Gasteiger partial charge in [0, 0.05) is 29.8 Å². The van der Waals surface area contributed by atoms with Crippen LogP contribution in [0.15, 0.2) is 54.9 Å². The molecular formula is C22H22FN3O. The highest BCUT2D eigenvalue weighted by molar-refractivity contribution is 5.97. The van der Waals surface area contributed by atoms with Gasteiger partial charge in [-0.25, -0.2) is 14.4 Å². The number of hydrogen-bond acceptors (Lipinski definition) is 4. The molecule has 1 saturated heterocycles. The molecule has 0 N–H and O–H groups in total. The lowest BCUT2D eigenvalue weighted by atomic mass is 9.89. The molecule has 0 saturated carbocycles. The monoisotopic (exact) mass is 363 g/mol. The van der Waals surface area contributed by atoms with Gasteiger partial charge < -0.3 is 4.90 Å². The Morgan fingerprint density at radius 3 is 2.56 bits per heavy atom. The topological polar surface area (TPSA) is 46.1 Å². The Labute approximate surface area is 158 Å². The number of nitrogens with zero attached hydrogens (tertiary/aromatic N) is 3. The maximum absolute atomic E-state index is 13.0. The van der Waals surface area contributed by atoms with Gasteiger partial charge in [0.1, 0.15) is 12.1 Å². The van der Waals surface area contributed by atoms with Crippen LogP contribution in [-0.2, 0) is 6.42 Å². The number of para-hydroxylation sites is 1. The summed E-state index contributed by atoms with van der Waals surface area (Å²) in [6, 6.07) is 14.0. The van der Waals surface area contributed by atoms with Crippen LogP contribution in [0, 0.1) is 11.7 Å². The first-order valence-electron chi connectivity index (χ1n) is 9.41. The molecule has 2 aromatic carbocycles. The summed E-state index contributed by atoms with van der Waals surface area (Å²) in [7, 11) is 0. The Bertz CT molecular complexity index is 928. The highest BCUT2D eigenvalue weighted by atomic mass is 19.1. The molecule has 0 bridgehead atoms. The molecule has 4 nitrogen and oxygen atoms in total.